The molecule has 5 heteroatoms. The molecule has 1 unspecified atom stereocenters. The van der Waals surface area contributed by atoms with Crippen molar-refractivity contribution in [1.29, 1.82) is 0 Å². The van der Waals surface area contributed by atoms with Gasteiger partial charge in [0.2, 0.25) is 5.91 Å². The first-order valence-corrected chi connectivity index (χ1v) is 7.36. The minimum Gasteiger partial charge on any atom is -0.491 e. The molecule has 2 aromatic carbocycles. The highest BCUT2D eigenvalue weighted by molar-refractivity contribution is 5.88. The number of benzene rings is 2. The third-order valence-electron chi connectivity index (χ3n) is 3.34. The molecule has 2 rings (SSSR count). The maximum atomic E-state index is 11.7. The molecule has 0 aliphatic carbocycles. The van der Waals surface area contributed by atoms with Gasteiger partial charge in [0.05, 0.1) is 12.6 Å². The summed E-state index contributed by atoms with van der Waals surface area (Å²) >= 11 is 0. The number of ether oxygens (including phenoxy) is 1. The largest absolute Gasteiger partial charge is 0.491 e. The van der Waals surface area contributed by atoms with Gasteiger partial charge >= 0.3 is 0 Å². The van der Waals surface area contributed by atoms with E-state index in [1.165, 1.54) is 0 Å². The normalized spacial score (nSPS) is 11.5. The predicted molar refractivity (Wildman–Crippen MR) is 92.6 cm³/mol. The molecule has 0 saturated heterocycles. The number of carbonyl (C=O) groups excluding carboxylic acids is 1. The lowest BCUT2D eigenvalue weighted by atomic mass is 10.1. The summed E-state index contributed by atoms with van der Waals surface area (Å²) in [5.74, 6) is 0.721. The Morgan fingerprint density at radius 3 is 2.73 bits per heavy atom. The third kappa shape index (κ3) is 4.90. The smallest absolute Gasteiger partial charge is 0.237 e. The van der Waals surface area contributed by atoms with Gasteiger partial charge in [-0.05, 0) is 17.9 Å². The summed E-state index contributed by atoms with van der Waals surface area (Å²) in [6.07, 6.45) is 1.61. The van der Waals surface area contributed by atoms with Crippen molar-refractivity contribution in [1.82, 2.24) is 5.32 Å². The molecule has 0 saturated carbocycles. The van der Waals surface area contributed by atoms with Crippen molar-refractivity contribution in [2.75, 3.05) is 13.2 Å². The van der Waals surface area contributed by atoms with Crippen LogP contribution in [0.3, 0.4) is 0 Å². The van der Waals surface area contributed by atoms with E-state index in [0.29, 0.717) is 19.6 Å². The van der Waals surface area contributed by atoms with Gasteiger partial charge in [-0.1, -0.05) is 49.7 Å². The molecular formula is C17H23ClN2O2. The fourth-order valence-electron chi connectivity index (χ4n) is 2.23. The zero-order valence-corrected chi connectivity index (χ0v) is 13.6. The Kier molecular flexibility index (Phi) is 7.71. The van der Waals surface area contributed by atoms with Gasteiger partial charge < -0.3 is 15.8 Å². The van der Waals surface area contributed by atoms with Gasteiger partial charge in [-0.25, -0.2) is 0 Å². The summed E-state index contributed by atoms with van der Waals surface area (Å²) in [6.45, 7) is 2.90. The summed E-state index contributed by atoms with van der Waals surface area (Å²) in [7, 11) is 0. The highest BCUT2D eigenvalue weighted by Gasteiger charge is 2.11. The molecule has 0 aromatic heterocycles. The summed E-state index contributed by atoms with van der Waals surface area (Å²) < 4.78 is 5.75. The lowest BCUT2D eigenvalue weighted by molar-refractivity contribution is -0.122. The van der Waals surface area contributed by atoms with E-state index in [0.717, 1.165) is 22.9 Å². The van der Waals surface area contributed by atoms with E-state index in [-0.39, 0.29) is 18.3 Å². The van der Waals surface area contributed by atoms with Gasteiger partial charge in [-0.3, -0.25) is 4.79 Å². The summed E-state index contributed by atoms with van der Waals surface area (Å²) in [5, 5.41) is 5.02. The maximum Gasteiger partial charge on any atom is 0.237 e. The topological polar surface area (TPSA) is 64.4 Å². The number of hydrogen-bond acceptors (Lipinski definition) is 3. The number of rotatable bonds is 7. The highest BCUT2D eigenvalue weighted by Crippen LogP contribution is 2.24. The highest BCUT2D eigenvalue weighted by atomic mass is 35.5. The van der Waals surface area contributed by atoms with Gasteiger partial charge in [0.15, 0.2) is 0 Å². The van der Waals surface area contributed by atoms with Crippen molar-refractivity contribution in [2.45, 2.75) is 25.8 Å². The van der Waals surface area contributed by atoms with Crippen molar-refractivity contribution in [3.05, 3.63) is 42.5 Å². The van der Waals surface area contributed by atoms with E-state index in [1.54, 1.807) is 0 Å². The summed E-state index contributed by atoms with van der Waals surface area (Å²) in [6, 6.07) is 13.6. The minimum absolute atomic E-state index is 0. The van der Waals surface area contributed by atoms with Crippen LogP contribution in [0.1, 0.15) is 19.8 Å². The van der Waals surface area contributed by atoms with Crippen LogP contribution in [0.4, 0.5) is 0 Å². The number of halogens is 1. The second-order valence-electron chi connectivity index (χ2n) is 5.01. The molecule has 1 amide bonds. The van der Waals surface area contributed by atoms with Crippen LogP contribution in [0, 0.1) is 0 Å². The van der Waals surface area contributed by atoms with E-state index in [9.17, 15) is 4.79 Å². The average molecular weight is 323 g/mol. The second-order valence-corrected chi connectivity index (χ2v) is 5.01. The van der Waals surface area contributed by atoms with E-state index in [4.69, 9.17) is 10.5 Å². The molecular weight excluding hydrogens is 300 g/mol. The summed E-state index contributed by atoms with van der Waals surface area (Å²) in [4.78, 5) is 11.7. The van der Waals surface area contributed by atoms with Gasteiger partial charge in [0, 0.05) is 5.39 Å². The molecule has 0 heterocycles. The first-order valence-electron chi connectivity index (χ1n) is 7.36. The standard InChI is InChI=1S/C17H22N2O2.ClH/c1-2-6-15(18)17(20)19-11-12-21-16-10-5-8-13-7-3-4-9-14(13)16;/h3-5,7-10,15H,2,6,11-12,18H2,1H3,(H,19,20);1H. The van der Waals surface area contributed by atoms with Crippen LogP contribution in [-0.2, 0) is 4.79 Å². The van der Waals surface area contributed by atoms with Gasteiger partial charge in [-0.2, -0.15) is 0 Å². The molecule has 0 fully saturated rings. The van der Waals surface area contributed by atoms with Crippen LogP contribution in [0.5, 0.6) is 5.75 Å². The summed E-state index contributed by atoms with van der Waals surface area (Å²) in [5.41, 5.74) is 5.74. The lowest BCUT2D eigenvalue weighted by Gasteiger charge is -2.12. The zero-order valence-electron chi connectivity index (χ0n) is 12.7. The van der Waals surface area contributed by atoms with E-state index < -0.39 is 6.04 Å². The van der Waals surface area contributed by atoms with Crippen LogP contribution in [0.15, 0.2) is 42.5 Å². The molecule has 22 heavy (non-hydrogen) atoms. The molecule has 0 aliphatic heterocycles. The fourth-order valence-corrected chi connectivity index (χ4v) is 2.23. The molecule has 0 spiro atoms. The molecule has 120 valence electrons. The van der Waals surface area contributed by atoms with Gasteiger partial charge in [-0.15, -0.1) is 12.4 Å². The molecule has 1 atom stereocenters. The molecule has 3 N–H and O–H groups in total. The molecule has 0 aliphatic rings. The van der Waals surface area contributed by atoms with Gasteiger partial charge in [0.25, 0.3) is 0 Å². The van der Waals surface area contributed by atoms with Crippen molar-refractivity contribution in [3.63, 3.8) is 0 Å². The Morgan fingerprint density at radius 1 is 1.23 bits per heavy atom. The van der Waals surface area contributed by atoms with E-state index in [2.05, 4.69) is 5.32 Å². The number of nitrogens with two attached hydrogens (primary N) is 1. The number of amides is 1. The van der Waals surface area contributed by atoms with Crippen LogP contribution < -0.4 is 15.8 Å². The monoisotopic (exact) mass is 322 g/mol. The quantitative estimate of drug-likeness (QED) is 0.770. The number of nitrogens with one attached hydrogen (secondary N) is 1. The predicted octanol–water partition coefficient (Wildman–Crippen LogP) is 2.88. The third-order valence-corrected chi connectivity index (χ3v) is 3.34. The van der Waals surface area contributed by atoms with Crippen LogP contribution >= 0.6 is 12.4 Å². The molecule has 0 radical (unpaired) electrons. The molecule has 2 aromatic rings. The first kappa shape index (κ1) is 18.3. The van der Waals surface area contributed by atoms with Crippen LogP contribution in [-0.4, -0.2) is 25.1 Å². The van der Waals surface area contributed by atoms with Crippen molar-refractivity contribution in [2.24, 2.45) is 5.73 Å². The SMILES string of the molecule is CCCC(N)C(=O)NCCOc1cccc2ccccc12.Cl. The van der Waals surface area contributed by atoms with Crippen molar-refractivity contribution >= 4 is 29.1 Å². The molecule has 4 nitrogen and oxygen atoms in total. The Morgan fingerprint density at radius 2 is 1.95 bits per heavy atom. The minimum atomic E-state index is -0.424. The Labute approximate surface area is 137 Å². The molecule has 0 bridgehead atoms. The van der Waals surface area contributed by atoms with Crippen LogP contribution in [0.2, 0.25) is 0 Å². The van der Waals surface area contributed by atoms with E-state index in [1.807, 2.05) is 49.4 Å². The number of hydrogen-bond donors (Lipinski definition) is 2. The Balaban J connectivity index is 0.00000242. The van der Waals surface area contributed by atoms with Crippen LogP contribution in [0.25, 0.3) is 10.8 Å². The second kappa shape index (κ2) is 9.28. The fraction of sp³-hybridized carbons (Fsp3) is 0.353. The Hall–Kier alpha value is -1.78. The van der Waals surface area contributed by atoms with Crippen molar-refractivity contribution in [3.8, 4) is 5.75 Å². The lowest BCUT2D eigenvalue weighted by Crippen LogP contribution is -2.41. The number of fused-ring (bicyclic) bond motifs is 1. The zero-order chi connectivity index (χ0) is 15.1. The van der Waals surface area contributed by atoms with Gasteiger partial charge in [0.1, 0.15) is 12.4 Å². The Bertz CT molecular complexity index is 599. The van der Waals surface area contributed by atoms with Crippen molar-refractivity contribution < 1.29 is 9.53 Å². The van der Waals surface area contributed by atoms with E-state index >= 15 is 0 Å². The average Bonchev–Trinajstić information content (AvgIpc) is 2.51. The number of carbonyl (C=O) groups is 1. The maximum absolute atomic E-state index is 11.7. The first-order chi connectivity index (χ1) is 10.2.